The zero-order valence-electron chi connectivity index (χ0n) is 17.0. The molecule has 1 saturated heterocycles. The van der Waals surface area contributed by atoms with Gasteiger partial charge in [0.25, 0.3) is 0 Å². The number of carbonyl (C=O) groups excluding carboxylic acids is 2. The van der Waals surface area contributed by atoms with Gasteiger partial charge in [-0.2, -0.15) is 5.10 Å². The van der Waals surface area contributed by atoms with E-state index in [1.54, 1.807) is 33.8 Å². The molecule has 1 aliphatic heterocycles. The molecule has 0 aliphatic carbocycles. The van der Waals surface area contributed by atoms with Crippen molar-refractivity contribution in [3.63, 3.8) is 0 Å². The van der Waals surface area contributed by atoms with Crippen molar-refractivity contribution in [1.29, 1.82) is 0 Å². The molecule has 0 saturated carbocycles. The zero-order valence-corrected chi connectivity index (χ0v) is 17.0. The summed E-state index contributed by atoms with van der Waals surface area (Å²) in [6.07, 6.45) is 1.65. The second-order valence-electron chi connectivity index (χ2n) is 7.46. The zero-order chi connectivity index (χ0) is 21.3. The van der Waals surface area contributed by atoms with Crippen molar-refractivity contribution < 1.29 is 14.0 Å². The Morgan fingerprint density at radius 3 is 2.37 bits per heavy atom. The number of hydrogen-bond acceptors (Lipinski definition) is 3. The summed E-state index contributed by atoms with van der Waals surface area (Å²) in [7, 11) is 0. The molecule has 1 aromatic heterocycles. The predicted molar refractivity (Wildman–Crippen MR) is 113 cm³/mol. The fourth-order valence-electron chi connectivity index (χ4n) is 3.78. The Morgan fingerprint density at radius 2 is 1.73 bits per heavy atom. The SMILES string of the molecule is Cc1nn(-c2ccc(F)cc2)c(C)c1CC(=O)Nc1ccc(N2CCCC2=O)cc1. The van der Waals surface area contributed by atoms with Crippen molar-refractivity contribution in [2.75, 3.05) is 16.8 Å². The largest absolute Gasteiger partial charge is 0.326 e. The quantitative estimate of drug-likeness (QED) is 0.698. The summed E-state index contributed by atoms with van der Waals surface area (Å²) in [5.41, 5.74) is 4.72. The maximum absolute atomic E-state index is 13.2. The molecule has 3 aromatic rings. The molecule has 0 unspecified atom stereocenters. The van der Waals surface area contributed by atoms with Crippen molar-refractivity contribution in [3.05, 3.63) is 71.3 Å². The van der Waals surface area contributed by atoms with E-state index in [0.717, 1.165) is 41.3 Å². The molecule has 2 aromatic carbocycles. The minimum atomic E-state index is -0.306. The van der Waals surface area contributed by atoms with E-state index in [2.05, 4.69) is 10.4 Å². The summed E-state index contributed by atoms with van der Waals surface area (Å²) in [4.78, 5) is 26.2. The third kappa shape index (κ3) is 3.96. The molecule has 0 spiro atoms. The lowest BCUT2D eigenvalue weighted by Crippen LogP contribution is -2.23. The van der Waals surface area contributed by atoms with E-state index in [9.17, 15) is 14.0 Å². The van der Waals surface area contributed by atoms with Gasteiger partial charge < -0.3 is 10.2 Å². The first-order chi connectivity index (χ1) is 14.4. The number of anilines is 2. The van der Waals surface area contributed by atoms with Crippen molar-refractivity contribution in [2.24, 2.45) is 0 Å². The fourth-order valence-corrected chi connectivity index (χ4v) is 3.78. The van der Waals surface area contributed by atoms with Crippen LogP contribution in [0.25, 0.3) is 5.69 Å². The number of aromatic nitrogens is 2. The number of rotatable bonds is 5. The summed E-state index contributed by atoms with van der Waals surface area (Å²) in [5, 5.41) is 7.41. The monoisotopic (exact) mass is 406 g/mol. The summed E-state index contributed by atoms with van der Waals surface area (Å²) < 4.78 is 14.9. The van der Waals surface area contributed by atoms with Crippen LogP contribution in [-0.4, -0.2) is 28.1 Å². The highest BCUT2D eigenvalue weighted by Crippen LogP contribution is 2.24. The molecule has 0 atom stereocenters. The van der Waals surface area contributed by atoms with Gasteiger partial charge in [0.2, 0.25) is 11.8 Å². The number of benzene rings is 2. The van der Waals surface area contributed by atoms with E-state index in [4.69, 9.17) is 0 Å². The topological polar surface area (TPSA) is 67.2 Å². The van der Waals surface area contributed by atoms with Gasteiger partial charge in [0, 0.05) is 35.6 Å². The van der Waals surface area contributed by atoms with Gasteiger partial charge in [-0.25, -0.2) is 9.07 Å². The molecule has 0 radical (unpaired) electrons. The van der Waals surface area contributed by atoms with Gasteiger partial charge in [-0.1, -0.05) is 0 Å². The Kier molecular flexibility index (Phi) is 5.35. The average molecular weight is 406 g/mol. The van der Waals surface area contributed by atoms with E-state index >= 15 is 0 Å². The first-order valence-corrected chi connectivity index (χ1v) is 9.93. The number of aryl methyl sites for hydroxylation is 1. The number of nitrogens with zero attached hydrogens (tertiary/aromatic N) is 3. The fraction of sp³-hybridized carbons (Fsp3) is 0.261. The van der Waals surface area contributed by atoms with Crippen LogP contribution in [-0.2, 0) is 16.0 Å². The summed E-state index contributed by atoms with van der Waals surface area (Å²) >= 11 is 0. The second kappa shape index (κ2) is 8.10. The molecule has 1 N–H and O–H groups in total. The van der Waals surface area contributed by atoms with E-state index in [-0.39, 0.29) is 24.1 Å². The highest BCUT2D eigenvalue weighted by molar-refractivity contribution is 5.96. The standard InChI is InChI=1S/C23H23FN4O2/c1-15-21(16(2)28(26-15)20-9-5-17(24)6-10-20)14-22(29)25-18-7-11-19(12-8-18)27-13-3-4-23(27)30/h5-12H,3-4,13-14H2,1-2H3,(H,25,29). The molecule has 6 nitrogen and oxygen atoms in total. The second-order valence-corrected chi connectivity index (χ2v) is 7.46. The minimum absolute atomic E-state index is 0.135. The van der Waals surface area contributed by atoms with Crippen LogP contribution in [0.5, 0.6) is 0 Å². The van der Waals surface area contributed by atoms with Crippen molar-refractivity contribution in [1.82, 2.24) is 9.78 Å². The van der Waals surface area contributed by atoms with Crippen molar-refractivity contribution >= 4 is 23.2 Å². The highest BCUT2D eigenvalue weighted by atomic mass is 19.1. The third-order valence-corrected chi connectivity index (χ3v) is 5.39. The molecule has 2 amide bonds. The van der Waals surface area contributed by atoms with Crippen LogP contribution in [0.1, 0.15) is 29.8 Å². The van der Waals surface area contributed by atoms with Gasteiger partial charge in [0.1, 0.15) is 5.82 Å². The molecule has 4 rings (SSSR count). The van der Waals surface area contributed by atoms with E-state index < -0.39 is 0 Å². The van der Waals surface area contributed by atoms with Gasteiger partial charge in [-0.3, -0.25) is 9.59 Å². The van der Waals surface area contributed by atoms with Crippen LogP contribution < -0.4 is 10.2 Å². The van der Waals surface area contributed by atoms with Crippen LogP contribution in [0.15, 0.2) is 48.5 Å². The molecule has 1 aliphatic rings. The Labute approximate surface area is 174 Å². The molecule has 30 heavy (non-hydrogen) atoms. The van der Waals surface area contributed by atoms with Crippen LogP contribution in [0, 0.1) is 19.7 Å². The number of nitrogens with one attached hydrogen (secondary N) is 1. The first kappa shape index (κ1) is 19.8. The molecule has 0 bridgehead atoms. The molecule has 154 valence electrons. The Hall–Kier alpha value is -3.48. The van der Waals surface area contributed by atoms with Crippen molar-refractivity contribution in [2.45, 2.75) is 33.1 Å². The normalized spacial score (nSPS) is 13.7. The van der Waals surface area contributed by atoms with E-state index in [0.29, 0.717) is 12.1 Å². The molecular weight excluding hydrogens is 383 g/mol. The van der Waals surface area contributed by atoms with Crippen LogP contribution >= 0.6 is 0 Å². The van der Waals surface area contributed by atoms with Gasteiger partial charge in [0.05, 0.1) is 17.8 Å². The summed E-state index contributed by atoms with van der Waals surface area (Å²) in [6.45, 7) is 4.49. The van der Waals surface area contributed by atoms with Gasteiger partial charge >= 0.3 is 0 Å². The summed E-state index contributed by atoms with van der Waals surface area (Å²) in [6, 6.07) is 13.4. The maximum atomic E-state index is 13.2. The van der Waals surface area contributed by atoms with E-state index in [1.807, 2.05) is 26.0 Å². The lowest BCUT2D eigenvalue weighted by atomic mass is 10.1. The Morgan fingerprint density at radius 1 is 1.07 bits per heavy atom. The molecule has 1 fully saturated rings. The Balaban J connectivity index is 1.45. The van der Waals surface area contributed by atoms with Gasteiger partial charge in [-0.05, 0) is 68.8 Å². The number of carbonyl (C=O) groups is 2. The predicted octanol–water partition coefficient (Wildman–Crippen LogP) is 3.94. The first-order valence-electron chi connectivity index (χ1n) is 9.93. The maximum Gasteiger partial charge on any atom is 0.228 e. The van der Waals surface area contributed by atoms with Crippen molar-refractivity contribution in [3.8, 4) is 5.69 Å². The van der Waals surface area contributed by atoms with Gasteiger partial charge in [-0.15, -0.1) is 0 Å². The number of halogens is 1. The smallest absolute Gasteiger partial charge is 0.228 e. The third-order valence-electron chi connectivity index (χ3n) is 5.39. The highest BCUT2D eigenvalue weighted by Gasteiger charge is 2.21. The Bertz CT molecular complexity index is 1090. The van der Waals surface area contributed by atoms with Gasteiger partial charge in [0.15, 0.2) is 0 Å². The molecule has 2 heterocycles. The van der Waals surface area contributed by atoms with Crippen LogP contribution in [0.2, 0.25) is 0 Å². The minimum Gasteiger partial charge on any atom is -0.326 e. The number of hydrogen-bond donors (Lipinski definition) is 1. The summed E-state index contributed by atoms with van der Waals surface area (Å²) in [5.74, 6) is -0.319. The van der Waals surface area contributed by atoms with E-state index in [1.165, 1.54) is 12.1 Å². The number of amides is 2. The molecule has 7 heteroatoms. The molecular formula is C23H23FN4O2. The lowest BCUT2D eigenvalue weighted by molar-refractivity contribution is -0.117. The van der Waals surface area contributed by atoms with Crippen LogP contribution in [0.3, 0.4) is 0 Å². The average Bonchev–Trinajstić information content (AvgIpc) is 3.27. The lowest BCUT2D eigenvalue weighted by Gasteiger charge is -2.16. The van der Waals surface area contributed by atoms with Crippen LogP contribution in [0.4, 0.5) is 15.8 Å².